The van der Waals surface area contributed by atoms with E-state index in [0.717, 1.165) is 18.7 Å². The summed E-state index contributed by atoms with van der Waals surface area (Å²) in [4.78, 5) is 23.9. The largest absolute Gasteiger partial charge is 0.490 e. The average molecular weight is 400 g/mol. The Hall–Kier alpha value is -3.06. The standard InChI is InChI=1S/C22H28N2O5/c1-4-23-14-16-7-12-19(20(13-16)27-5-2)29-15-21(25)24-18-10-8-17(9-11-18)22(26)28-6-3/h7-13,23H,4-6,14-15H2,1-3H3,(H,24,25). The van der Waals surface area contributed by atoms with Gasteiger partial charge in [0.15, 0.2) is 18.1 Å². The van der Waals surface area contributed by atoms with Crippen molar-refractivity contribution in [2.24, 2.45) is 0 Å². The van der Waals surface area contributed by atoms with E-state index in [9.17, 15) is 9.59 Å². The first kappa shape index (κ1) is 22.2. The van der Waals surface area contributed by atoms with Crippen LogP contribution in [0.15, 0.2) is 42.5 Å². The second kappa shape index (κ2) is 11.7. The maximum absolute atomic E-state index is 12.2. The summed E-state index contributed by atoms with van der Waals surface area (Å²) >= 11 is 0. The van der Waals surface area contributed by atoms with Gasteiger partial charge in [-0.1, -0.05) is 13.0 Å². The van der Waals surface area contributed by atoms with E-state index in [-0.39, 0.29) is 12.5 Å². The third-order valence-corrected chi connectivity index (χ3v) is 3.93. The highest BCUT2D eigenvalue weighted by Crippen LogP contribution is 2.28. The lowest BCUT2D eigenvalue weighted by Gasteiger charge is -2.14. The van der Waals surface area contributed by atoms with Crippen molar-refractivity contribution >= 4 is 17.6 Å². The monoisotopic (exact) mass is 400 g/mol. The Balaban J connectivity index is 1.93. The minimum atomic E-state index is -0.394. The lowest BCUT2D eigenvalue weighted by atomic mass is 10.2. The molecule has 0 aromatic heterocycles. The van der Waals surface area contributed by atoms with Gasteiger partial charge in [0.1, 0.15) is 0 Å². The average Bonchev–Trinajstić information content (AvgIpc) is 2.72. The van der Waals surface area contributed by atoms with Gasteiger partial charge in [-0.3, -0.25) is 4.79 Å². The maximum atomic E-state index is 12.2. The van der Waals surface area contributed by atoms with Crippen LogP contribution in [-0.2, 0) is 16.1 Å². The summed E-state index contributed by atoms with van der Waals surface area (Å²) in [5, 5.41) is 5.99. The van der Waals surface area contributed by atoms with E-state index in [2.05, 4.69) is 10.6 Å². The normalized spacial score (nSPS) is 10.3. The molecule has 0 aliphatic heterocycles. The molecule has 0 aliphatic carbocycles. The number of anilines is 1. The first-order valence-corrected chi connectivity index (χ1v) is 9.73. The maximum Gasteiger partial charge on any atom is 0.338 e. The molecule has 0 fully saturated rings. The van der Waals surface area contributed by atoms with E-state index >= 15 is 0 Å². The molecule has 0 saturated heterocycles. The number of carbonyl (C=O) groups excluding carboxylic acids is 2. The van der Waals surface area contributed by atoms with Gasteiger partial charge < -0.3 is 24.8 Å². The van der Waals surface area contributed by atoms with Gasteiger partial charge >= 0.3 is 5.97 Å². The van der Waals surface area contributed by atoms with E-state index in [4.69, 9.17) is 14.2 Å². The first-order valence-electron chi connectivity index (χ1n) is 9.73. The highest BCUT2D eigenvalue weighted by atomic mass is 16.5. The molecule has 0 bridgehead atoms. The molecule has 1 amide bonds. The van der Waals surface area contributed by atoms with E-state index in [0.29, 0.717) is 36.0 Å². The van der Waals surface area contributed by atoms with Gasteiger partial charge in [0, 0.05) is 12.2 Å². The van der Waals surface area contributed by atoms with Crippen LogP contribution in [0.5, 0.6) is 11.5 Å². The molecule has 7 heteroatoms. The molecule has 2 aromatic carbocycles. The number of amides is 1. The predicted molar refractivity (Wildman–Crippen MR) is 112 cm³/mol. The van der Waals surface area contributed by atoms with Gasteiger partial charge in [-0.15, -0.1) is 0 Å². The molecule has 0 heterocycles. The SMILES string of the molecule is CCNCc1ccc(OCC(=O)Nc2ccc(C(=O)OCC)cc2)c(OCC)c1. The van der Waals surface area contributed by atoms with Gasteiger partial charge in [0.05, 0.1) is 18.8 Å². The number of rotatable bonds is 11. The molecule has 0 spiro atoms. The zero-order chi connectivity index (χ0) is 21.1. The van der Waals surface area contributed by atoms with Gasteiger partial charge in [0.2, 0.25) is 0 Å². The topological polar surface area (TPSA) is 85.9 Å². The van der Waals surface area contributed by atoms with Crippen molar-refractivity contribution in [1.29, 1.82) is 0 Å². The lowest BCUT2D eigenvalue weighted by molar-refractivity contribution is -0.118. The third-order valence-electron chi connectivity index (χ3n) is 3.93. The van der Waals surface area contributed by atoms with Gasteiger partial charge in [-0.25, -0.2) is 4.79 Å². The highest BCUT2D eigenvalue weighted by molar-refractivity contribution is 5.93. The van der Waals surface area contributed by atoms with Crippen LogP contribution >= 0.6 is 0 Å². The summed E-state index contributed by atoms with van der Waals surface area (Å²) in [6.45, 7) is 7.96. The second-order valence-electron chi connectivity index (χ2n) is 6.13. The van der Waals surface area contributed by atoms with Crippen molar-refractivity contribution in [3.8, 4) is 11.5 Å². The van der Waals surface area contributed by atoms with Crippen molar-refractivity contribution in [3.05, 3.63) is 53.6 Å². The summed E-state index contributed by atoms with van der Waals surface area (Å²) in [5.74, 6) is 0.414. The van der Waals surface area contributed by atoms with E-state index in [1.54, 1.807) is 37.3 Å². The van der Waals surface area contributed by atoms with Crippen LogP contribution in [-0.4, -0.2) is 38.2 Å². The molecular weight excluding hydrogens is 372 g/mol. The van der Waals surface area contributed by atoms with Crippen molar-refractivity contribution in [2.75, 3.05) is 31.7 Å². The fourth-order valence-corrected chi connectivity index (χ4v) is 2.56. The number of carbonyl (C=O) groups is 2. The molecule has 0 radical (unpaired) electrons. The summed E-state index contributed by atoms with van der Waals surface area (Å²) in [6.07, 6.45) is 0. The molecule has 156 valence electrons. The fraction of sp³-hybridized carbons (Fsp3) is 0.364. The van der Waals surface area contributed by atoms with Crippen LogP contribution in [0.2, 0.25) is 0 Å². The third kappa shape index (κ3) is 7.12. The Morgan fingerprint density at radius 1 is 0.897 bits per heavy atom. The van der Waals surface area contributed by atoms with Crippen LogP contribution in [0.4, 0.5) is 5.69 Å². The zero-order valence-corrected chi connectivity index (χ0v) is 17.1. The number of hydrogen-bond acceptors (Lipinski definition) is 6. The number of benzene rings is 2. The number of hydrogen-bond donors (Lipinski definition) is 2. The van der Waals surface area contributed by atoms with E-state index in [1.807, 2.05) is 26.0 Å². The fourth-order valence-electron chi connectivity index (χ4n) is 2.56. The Kier molecular flexibility index (Phi) is 8.98. The van der Waals surface area contributed by atoms with Crippen molar-refractivity contribution in [2.45, 2.75) is 27.3 Å². The molecule has 0 saturated carbocycles. The molecule has 0 unspecified atom stereocenters. The summed E-state index contributed by atoms with van der Waals surface area (Å²) in [5.41, 5.74) is 2.08. The Morgan fingerprint density at radius 3 is 2.31 bits per heavy atom. The first-order chi connectivity index (χ1) is 14.1. The molecule has 2 rings (SSSR count). The van der Waals surface area contributed by atoms with Gasteiger partial charge in [-0.2, -0.15) is 0 Å². The molecule has 29 heavy (non-hydrogen) atoms. The minimum absolute atomic E-state index is 0.160. The Bertz CT molecular complexity index is 805. The van der Waals surface area contributed by atoms with Crippen molar-refractivity contribution in [3.63, 3.8) is 0 Å². The summed E-state index contributed by atoms with van der Waals surface area (Å²) in [6, 6.07) is 12.1. The van der Waals surface area contributed by atoms with E-state index in [1.165, 1.54) is 0 Å². The van der Waals surface area contributed by atoms with Crippen molar-refractivity contribution in [1.82, 2.24) is 5.32 Å². The Labute approximate surface area is 171 Å². The lowest BCUT2D eigenvalue weighted by Crippen LogP contribution is -2.20. The number of nitrogens with one attached hydrogen (secondary N) is 2. The summed E-state index contributed by atoms with van der Waals surface area (Å²) < 4.78 is 16.2. The van der Waals surface area contributed by atoms with Crippen LogP contribution in [0, 0.1) is 0 Å². The van der Waals surface area contributed by atoms with Crippen LogP contribution in [0.1, 0.15) is 36.7 Å². The van der Waals surface area contributed by atoms with Gasteiger partial charge in [0.25, 0.3) is 5.91 Å². The smallest absolute Gasteiger partial charge is 0.338 e. The van der Waals surface area contributed by atoms with Gasteiger partial charge in [-0.05, 0) is 62.4 Å². The number of ether oxygens (including phenoxy) is 3. The zero-order valence-electron chi connectivity index (χ0n) is 17.1. The quantitative estimate of drug-likeness (QED) is 0.563. The number of esters is 1. The van der Waals surface area contributed by atoms with E-state index < -0.39 is 5.97 Å². The van der Waals surface area contributed by atoms with Crippen LogP contribution < -0.4 is 20.1 Å². The molecule has 0 atom stereocenters. The van der Waals surface area contributed by atoms with Crippen LogP contribution in [0.3, 0.4) is 0 Å². The Morgan fingerprint density at radius 2 is 1.66 bits per heavy atom. The minimum Gasteiger partial charge on any atom is -0.490 e. The molecule has 2 N–H and O–H groups in total. The highest BCUT2D eigenvalue weighted by Gasteiger charge is 2.11. The van der Waals surface area contributed by atoms with Crippen molar-refractivity contribution < 1.29 is 23.8 Å². The molecular formula is C22H28N2O5. The molecule has 0 aliphatic rings. The molecule has 7 nitrogen and oxygen atoms in total. The second-order valence-corrected chi connectivity index (χ2v) is 6.13. The predicted octanol–water partition coefficient (Wildman–Crippen LogP) is 3.39. The van der Waals surface area contributed by atoms with Crippen LogP contribution in [0.25, 0.3) is 0 Å². The molecule has 2 aromatic rings. The summed E-state index contributed by atoms with van der Waals surface area (Å²) in [7, 11) is 0.